The standard InChI is InChI=1S/C8H9F2NO2/c1-4-5(3-12)2-6(13)11-7(4)8(9)10/h2,8,12H,3H2,1H3,(H,11,13). The van der Waals surface area contributed by atoms with Gasteiger partial charge in [-0.05, 0) is 18.1 Å². The van der Waals surface area contributed by atoms with Crippen LogP contribution in [-0.2, 0) is 6.61 Å². The van der Waals surface area contributed by atoms with Crippen LogP contribution >= 0.6 is 0 Å². The Kier molecular flexibility index (Phi) is 2.77. The number of halogens is 2. The molecule has 72 valence electrons. The molecular formula is C8H9F2NO2. The van der Waals surface area contributed by atoms with Gasteiger partial charge in [-0.25, -0.2) is 8.78 Å². The quantitative estimate of drug-likeness (QED) is 0.732. The van der Waals surface area contributed by atoms with Crippen molar-refractivity contribution in [1.29, 1.82) is 0 Å². The Labute approximate surface area is 73.0 Å². The average Bonchev–Trinajstić information content (AvgIpc) is 2.08. The Balaban J connectivity index is 3.36. The molecule has 3 nitrogen and oxygen atoms in total. The number of rotatable bonds is 2. The molecule has 0 aliphatic heterocycles. The largest absolute Gasteiger partial charge is 0.392 e. The van der Waals surface area contributed by atoms with Crippen molar-refractivity contribution in [2.45, 2.75) is 20.0 Å². The minimum atomic E-state index is -2.72. The molecule has 1 aromatic rings. The third kappa shape index (κ3) is 1.92. The lowest BCUT2D eigenvalue weighted by molar-refractivity contribution is 0.144. The van der Waals surface area contributed by atoms with Crippen molar-refractivity contribution >= 4 is 0 Å². The number of alkyl halides is 2. The zero-order chi connectivity index (χ0) is 10.0. The second kappa shape index (κ2) is 3.66. The Morgan fingerprint density at radius 3 is 2.69 bits per heavy atom. The second-order valence-corrected chi connectivity index (χ2v) is 2.66. The van der Waals surface area contributed by atoms with Gasteiger partial charge in [-0.1, -0.05) is 0 Å². The molecule has 0 saturated heterocycles. The third-order valence-corrected chi connectivity index (χ3v) is 1.84. The van der Waals surface area contributed by atoms with Gasteiger partial charge in [0.2, 0.25) is 5.56 Å². The van der Waals surface area contributed by atoms with Crippen molar-refractivity contribution < 1.29 is 13.9 Å². The normalized spacial score (nSPS) is 10.8. The van der Waals surface area contributed by atoms with Gasteiger partial charge in [0.15, 0.2) is 0 Å². The van der Waals surface area contributed by atoms with E-state index in [1.54, 1.807) is 0 Å². The van der Waals surface area contributed by atoms with E-state index in [2.05, 4.69) is 0 Å². The van der Waals surface area contributed by atoms with Crippen molar-refractivity contribution in [2.75, 3.05) is 0 Å². The Hall–Kier alpha value is -1.23. The van der Waals surface area contributed by atoms with E-state index in [-0.39, 0.29) is 11.1 Å². The SMILES string of the molecule is Cc1c(CO)cc(=O)[nH]c1C(F)F. The van der Waals surface area contributed by atoms with Gasteiger partial charge in [0, 0.05) is 6.07 Å². The molecule has 0 amide bonds. The number of aliphatic hydroxyl groups excluding tert-OH is 1. The van der Waals surface area contributed by atoms with E-state index >= 15 is 0 Å². The molecule has 0 bridgehead atoms. The van der Waals surface area contributed by atoms with Crippen molar-refractivity contribution in [1.82, 2.24) is 4.98 Å². The van der Waals surface area contributed by atoms with Gasteiger partial charge in [-0.15, -0.1) is 0 Å². The highest BCUT2D eigenvalue weighted by Gasteiger charge is 2.14. The Bertz CT molecular complexity index is 360. The maximum atomic E-state index is 12.3. The van der Waals surface area contributed by atoms with E-state index in [1.807, 2.05) is 4.98 Å². The Morgan fingerprint density at radius 1 is 1.62 bits per heavy atom. The van der Waals surface area contributed by atoms with Crippen LogP contribution in [0.15, 0.2) is 10.9 Å². The fraction of sp³-hybridized carbons (Fsp3) is 0.375. The van der Waals surface area contributed by atoms with E-state index in [0.29, 0.717) is 0 Å². The van der Waals surface area contributed by atoms with Gasteiger partial charge in [0.1, 0.15) is 0 Å². The van der Waals surface area contributed by atoms with E-state index in [9.17, 15) is 13.6 Å². The molecule has 0 fully saturated rings. The van der Waals surface area contributed by atoms with E-state index < -0.39 is 24.3 Å². The predicted molar refractivity (Wildman–Crippen MR) is 42.7 cm³/mol. The summed E-state index contributed by atoms with van der Waals surface area (Å²) in [6, 6.07) is 1.11. The summed E-state index contributed by atoms with van der Waals surface area (Å²) >= 11 is 0. The highest BCUT2D eigenvalue weighted by molar-refractivity contribution is 5.28. The van der Waals surface area contributed by atoms with Crippen LogP contribution in [0.2, 0.25) is 0 Å². The van der Waals surface area contributed by atoms with Crippen molar-refractivity contribution in [3.05, 3.63) is 33.2 Å². The number of aliphatic hydroxyl groups is 1. The van der Waals surface area contributed by atoms with E-state index in [0.717, 1.165) is 6.07 Å². The molecule has 0 spiro atoms. The van der Waals surface area contributed by atoms with Crippen LogP contribution in [0.5, 0.6) is 0 Å². The zero-order valence-electron chi connectivity index (χ0n) is 6.97. The summed E-state index contributed by atoms with van der Waals surface area (Å²) in [5, 5.41) is 8.75. The number of nitrogens with one attached hydrogen (secondary N) is 1. The molecule has 0 saturated carbocycles. The summed E-state index contributed by atoms with van der Waals surface area (Å²) in [7, 11) is 0. The predicted octanol–water partition coefficient (Wildman–Crippen LogP) is 1.11. The molecular weight excluding hydrogens is 180 g/mol. The second-order valence-electron chi connectivity index (χ2n) is 2.66. The van der Waals surface area contributed by atoms with Crippen LogP contribution < -0.4 is 5.56 Å². The number of aromatic nitrogens is 1. The fourth-order valence-corrected chi connectivity index (χ4v) is 1.08. The molecule has 5 heteroatoms. The summed E-state index contributed by atoms with van der Waals surface area (Å²) < 4.78 is 24.5. The van der Waals surface area contributed by atoms with Crippen LogP contribution in [0.25, 0.3) is 0 Å². The van der Waals surface area contributed by atoms with Crippen LogP contribution in [0.4, 0.5) is 8.78 Å². The third-order valence-electron chi connectivity index (χ3n) is 1.84. The summed E-state index contributed by atoms with van der Waals surface area (Å²) in [4.78, 5) is 12.9. The lowest BCUT2D eigenvalue weighted by Gasteiger charge is -2.07. The molecule has 13 heavy (non-hydrogen) atoms. The minimum Gasteiger partial charge on any atom is -0.392 e. The highest BCUT2D eigenvalue weighted by Crippen LogP contribution is 2.20. The summed E-state index contributed by atoms with van der Waals surface area (Å²) in [6.07, 6.45) is -2.72. The smallest absolute Gasteiger partial charge is 0.278 e. The molecule has 0 atom stereocenters. The van der Waals surface area contributed by atoms with Gasteiger partial charge in [-0.2, -0.15) is 0 Å². The molecule has 0 aliphatic rings. The lowest BCUT2D eigenvalue weighted by atomic mass is 10.1. The molecule has 0 aromatic carbocycles. The molecule has 1 rings (SSSR count). The molecule has 0 aliphatic carbocycles. The van der Waals surface area contributed by atoms with Crippen molar-refractivity contribution in [3.8, 4) is 0 Å². The first kappa shape index (κ1) is 9.85. The van der Waals surface area contributed by atoms with Gasteiger partial charge in [-0.3, -0.25) is 4.79 Å². The van der Waals surface area contributed by atoms with Gasteiger partial charge in [0.25, 0.3) is 6.43 Å². The van der Waals surface area contributed by atoms with Crippen LogP contribution in [0.3, 0.4) is 0 Å². The molecule has 1 heterocycles. The zero-order valence-corrected chi connectivity index (χ0v) is 6.97. The minimum absolute atomic E-state index is 0.233. The van der Waals surface area contributed by atoms with Gasteiger partial charge < -0.3 is 10.1 Å². The monoisotopic (exact) mass is 189 g/mol. The molecule has 0 radical (unpaired) electrons. The number of hydrogen-bond acceptors (Lipinski definition) is 2. The van der Waals surface area contributed by atoms with Gasteiger partial charge in [0.05, 0.1) is 12.3 Å². The topological polar surface area (TPSA) is 53.1 Å². The summed E-state index contributed by atoms with van der Waals surface area (Å²) in [5.41, 5.74) is -0.572. The highest BCUT2D eigenvalue weighted by atomic mass is 19.3. The summed E-state index contributed by atoms with van der Waals surface area (Å²) in [6.45, 7) is 1.03. The number of H-pyrrole nitrogens is 1. The van der Waals surface area contributed by atoms with Crippen LogP contribution in [0.1, 0.15) is 23.2 Å². The lowest BCUT2D eigenvalue weighted by Crippen LogP contribution is -2.12. The molecule has 2 N–H and O–H groups in total. The summed E-state index contributed by atoms with van der Waals surface area (Å²) in [5.74, 6) is 0. The van der Waals surface area contributed by atoms with Crippen molar-refractivity contribution in [2.24, 2.45) is 0 Å². The van der Waals surface area contributed by atoms with E-state index in [4.69, 9.17) is 5.11 Å². The fourth-order valence-electron chi connectivity index (χ4n) is 1.08. The van der Waals surface area contributed by atoms with Gasteiger partial charge >= 0.3 is 0 Å². The maximum Gasteiger partial charge on any atom is 0.278 e. The molecule has 1 aromatic heterocycles. The van der Waals surface area contributed by atoms with Crippen molar-refractivity contribution in [3.63, 3.8) is 0 Å². The number of hydrogen-bond donors (Lipinski definition) is 2. The number of aromatic amines is 1. The number of pyridine rings is 1. The first-order chi connectivity index (χ1) is 6.06. The van der Waals surface area contributed by atoms with E-state index in [1.165, 1.54) is 6.92 Å². The van der Waals surface area contributed by atoms with Crippen LogP contribution in [-0.4, -0.2) is 10.1 Å². The van der Waals surface area contributed by atoms with Crippen LogP contribution in [0, 0.1) is 6.92 Å². The first-order valence-electron chi connectivity index (χ1n) is 3.68. The first-order valence-corrected chi connectivity index (χ1v) is 3.68. The maximum absolute atomic E-state index is 12.3. The Morgan fingerprint density at radius 2 is 2.23 bits per heavy atom. The average molecular weight is 189 g/mol. The molecule has 0 unspecified atom stereocenters.